The number of nitrogens with one attached hydrogen (secondary N) is 1. The zero-order chi connectivity index (χ0) is 23.3. The van der Waals surface area contributed by atoms with Crippen molar-refractivity contribution < 1.29 is 38.1 Å². The van der Waals surface area contributed by atoms with Crippen LogP contribution in [-0.2, 0) is 30.0 Å². The molecule has 0 unspecified atom stereocenters. The number of amides is 1. The van der Waals surface area contributed by atoms with Gasteiger partial charge in [-0.3, -0.25) is 4.79 Å². The molecule has 32 heavy (non-hydrogen) atoms. The van der Waals surface area contributed by atoms with E-state index in [1.807, 2.05) is 6.07 Å². The molecule has 0 bridgehead atoms. The Hall–Kier alpha value is -2.60. The van der Waals surface area contributed by atoms with Gasteiger partial charge in [0.05, 0.1) is 16.8 Å². The molecule has 9 nitrogen and oxygen atoms in total. The summed E-state index contributed by atoms with van der Waals surface area (Å²) in [5.41, 5.74) is 3.22. The van der Waals surface area contributed by atoms with Gasteiger partial charge in [0.25, 0.3) is 5.91 Å². The third-order valence-corrected chi connectivity index (χ3v) is 6.61. The van der Waals surface area contributed by atoms with Crippen LogP contribution in [0.25, 0.3) is 6.08 Å². The molecule has 4 N–H and O–H groups in total. The Bertz CT molecular complexity index is 1060. The molecule has 3 rings (SSSR count). The fourth-order valence-electron chi connectivity index (χ4n) is 3.12. The van der Waals surface area contributed by atoms with E-state index in [1.165, 1.54) is 25.1 Å². The number of benzene rings is 2. The summed E-state index contributed by atoms with van der Waals surface area (Å²) in [5.74, 6) is -0.843. The molecular weight excluding hydrogens is 438 g/mol. The molecule has 0 spiro atoms. The Morgan fingerprint density at radius 2 is 1.78 bits per heavy atom. The molecule has 1 fully saturated rings. The summed E-state index contributed by atoms with van der Waals surface area (Å²) in [6.45, 7) is 1.48. The van der Waals surface area contributed by atoms with Crippen LogP contribution < -0.4 is 5.48 Å². The van der Waals surface area contributed by atoms with Gasteiger partial charge in [-0.25, -0.2) is 18.7 Å². The van der Waals surface area contributed by atoms with E-state index in [0.717, 1.165) is 6.08 Å². The number of hydroxylamine groups is 1. The number of aliphatic hydroxyl groups is 3. The van der Waals surface area contributed by atoms with Gasteiger partial charge in [0.1, 0.15) is 18.3 Å². The predicted molar refractivity (Wildman–Crippen MR) is 114 cm³/mol. The molecule has 0 aliphatic carbocycles. The maximum Gasteiger partial charge on any atom is 0.267 e. The first-order valence-corrected chi connectivity index (χ1v) is 11.5. The minimum atomic E-state index is -3.57. The number of carbonyl (C=O) groups is 1. The van der Waals surface area contributed by atoms with E-state index < -0.39 is 46.5 Å². The Kier molecular flexibility index (Phi) is 7.77. The third-order valence-electron chi connectivity index (χ3n) is 4.93. The molecule has 5 atom stereocenters. The first-order valence-electron chi connectivity index (χ1n) is 9.87. The molecule has 1 aliphatic rings. The number of ether oxygens (including phenoxy) is 1. The van der Waals surface area contributed by atoms with Gasteiger partial charge in [0.2, 0.25) is 6.29 Å². The lowest BCUT2D eigenvalue weighted by atomic mass is 10.0. The van der Waals surface area contributed by atoms with Crippen molar-refractivity contribution in [1.82, 2.24) is 5.48 Å². The molecule has 0 aromatic heterocycles. The van der Waals surface area contributed by atoms with E-state index in [1.54, 1.807) is 36.4 Å². The highest BCUT2D eigenvalue weighted by atomic mass is 32.2. The highest BCUT2D eigenvalue weighted by Crippen LogP contribution is 2.21. The van der Waals surface area contributed by atoms with E-state index in [0.29, 0.717) is 11.1 Å². The second-order valence-electron chi connectivity index (χ2n) is 7.42. The second-order valence-corrected chi connectivity index (χ2v) is 9.41. The van der Waals surface area contributed by atoms with E-state index in [2.05, 4.69) is 5.48 Å². The van der Waals surface area contributed by atoms with Crippen LogP contribution in [0.15, 0.2) is 65.6 Å². The van der Waals surface area contributed by atoms with Gasteiger partial charge < -0.3 is 20.1 Å². The Balaban J connectivity index is 1.60. The maximum atomic E-state index is 12.7. The normalized spacial score (nSPS) is 26.2. The Morgan fingerprint density at radius 3 is 2.50 bits per heavy atom. The molecule has 0 saturated carbocycles. The van der Waals surface area contributed by atoms with E-state index in [9.17, 15) is 28.5 Å². The number of rotatable bonds is 7. The van der Waals surface area contributed by atoms with Crippen molar-refractivity contribution in [1.29, 1.82) is 0 Å². The number of hydrogen-bond acceptors (Lipinski definition) is 8. The van der Waals surface area contributed by atoms with Crippen molar-refractivity contribution in [2.24, 2.45) is 0 Å². The molecule has 2 aromatic carbocycles. The first-order chi connectivity index (χ1) is 15.2. The number of aliphatic hydroxyl groups excluding tert-OH is 3. The number of sulfone groups is 1. The van der Waals surface area contributed by atoms with Gasteiger partial charge in [0, 0.05) is 6.08 Å². The first kappa shape index (κ1) is 24.1. The fourth-order valence-corrected chi connectivity index (χ4v) is 4.52. The van der Waals surface area contributed by atoms with Crippen LogP contribution in [0.5, 0.6) is 0 Å². The summed E-state index contributed by atoms with van der Waals surface area (Å²) in [6.07, 6.45) is -4.00. The van der Waals surface area contributed by atoms with Crippen LogP contribution in [0.1, 0.15) is 18.1 Å². The van der Waals surface area contributed by atoms with Crippen LogP contribution in [-0.4, -0.2) is 60.4 Å². The Labute approximate surface area is 185 Å². The predicted octanol–water partition coefficient (Wildman–Crippen LogP) is 0.549. The molecular formula is C22H25NO8S. The van der Waals surface area contributed by atoms with Crippen LogP contribution in [0.2, 0.25) is 0 Å². The quantitative estimate of drug-likeness (QED) is 0.344. The van der Waals surface area contributed by atoms with Crippen LogP contribution in [0, 0.1) is 0 Å². The molecule has 1 aliphatic heterocycles. The monoisotopic (exact) mass is 463 g/mol. The molecule has 0 radical (unpaired) electrons. The molecule has 172 valence electrons. The van der Waals surface area contributed by atoms with E-state index in [4.69, 9.17) is 9.57 Å². The average molecular weight is 464 g/mol. The SMILES string of the molecule is C[C@@H]1O[C@@H](ONC(=O)/C=C/c2cccc(S(=O)(=O)Cc3ccccc3)c2)[C@@H](O)[C@H](O)[C@@H]1O. The summed E-state index contributed by atoms with van der Waals surface area (Å²) in [5, 5.41) is 29.3. The van der Waals surface area contributed by atoms with Gasteiger partial charge in [0.15, 0.2) is 9.84 Å². The average Bonchev–Trinajstić information content (AvgIpc) is 2.78. The molecule has 1 amide bonds. The van der Waals surface area contributed by atoms with Crippen LogP contribution in [0.4, 0.5) is 0 Å². The molecule has 10 heteroatoms. The topological polar surface area (TPSA) is 142 Å². The molecule has 2 aromatic rings. The van der Waals surface area contributed by atoms with Crippen molar-refractivity contribution in [3.05, 3.63) is 71.8 Å². The van der Waals surface area contributed by atoms with Crippen molar-refractivity contribution in [3.8, 4) is 0 Å². The standard InChI is InChI=1S/C22H25NO8S/c1-14-19(25)20(26)21(27)22(30-14)31-23-18(24)11-10-15-8-5-9-17(12-15)32(28,29)13-16-6-3-2-4-7-16/h2-12,14,19-22,25-27H,13H2,1H3,(H,23,24)/b11-10+/t14-,19+,20+,21-,22-/m0/s1. The largest absolute Gasteiger partial charge is 0.388 e. The van der Waals surface area contributed by atoms with Gasteiger partial charge >= 0.3 is 0 Å². The summed E-state index contributed by atoms with van der Waals surface area (Å²) in [7, 11) is -3.57. The lowest BCUT2D eigenvalue weighted by molar-refractivity contribution is -0.305. The van der Waals surface area contributed by atoms with Crippen molar-refractivity contribution >= 4 is 21.8 Å². The minimum Gasteiger partial charge on any atom is -0.388 e. The van der Waals surface area contributed by atoms with E-state index in [-0.39, 0.29) is 10.6 Å². The van der Waals surface area contributed by atoms with Gasteiger partial charge in [-0.15, -0.1) is 0 Å². The van der Waals surface area contributed by atoms with Gasteiger partial charge in [-0.1, -0.05) is 42.5 Å². The van der Waals surface area contributed by atoms with Gasteiger partial charge in [-0.2, -0.15) is 0 Å². The summed E-state index contributed by atoms with van der Waals surface area (Å²) in [4.78, 5) is 17.1. The third kappa shape index (κ3) is 6.00. The summed E-state index contributed by atoms with van der Waals surface area (Å²) in [6, 6.07) is 15.0. The van der Waals surface area contributed by atoms with Crippen LogP contribution in [0.3, 0.4) is 0 Å². The van der Waals surface area contributed by atoms with Crippen molar-refractivity contribution in [2.75, 3.05) is 0 Å². The smallest absolute Gasteiger partial charge is 0.267 e. The number of carbonyl (C=O) groups excluding carboxylic acids is 1. The maximum absolute atomic E-state index is 12.7. The highest BCUT2D eigenvalue weighted by Gasteiger charge is 2.42. The van der Waals surface area contributed by atoms with E-state index >= 15 is 0 Å². The van der Waals surface area contributed by atoms with Gasteiger partial charge in [-0.05, 0) is 36.3 Å². The molecule has 1 saturated heterocycles. The molecule has 1 heterocycles. The van der Waals surface area contributed by atoms with Crippen molar-refractivity contribution in [2.45, 2.75) is 48.3 Å². The number of hydrogen-bond donors (Lipinski definition) is 4. The lowest BCUT2D eigenvalue weighted by Crippen LogP contribution is -2.58. The van der Waals surface area contributed by atoms with Crippen LogP contribution >= 0.6 is 0 Å². The zero-order valence-corrected chi connectivity index (χ0v) is 18.1. The lowest BCUT2D eigenvalue weighted by Gasteiger charge is -2.38. The summed E-state index contributed by atoms with van der Waals surface area (Å²) < 4.78 is 30.6. The Morgan fingerprint density at radius 1 is 1.06 bits per heavy atom. The fraction of sp³-hybridized carbons (Fsp3) is 0.318. The summed E-state index contributed by atoms with van der Waals surface area (Å²) >= 11 is 0. The zero-order valence-electron chi connectivity index (χ0n) is 17.2. The minimum absolute atomic E-state index is 0.125. The second kappa shape index (κ2) is 10.3. The van der Waals surface area contributed by atoms with Crippen molar-refractivity contribution in [3.63, 3.8) is 0 Å². The highest BCUT2D eigenvalue weighted by molar-refractivity contribution is 7.90.